The van der Waals surface area contributed by atoms with E-state index in [1.807, 2.05) is 0 Å². The summed E-state index contributed by atoms with van der Waals surface area (Å²) in [4.78, 5) is 12.0. The Bertz CT molecular complexity index is 487. The molecule has 0 aliphatic carbocycles. The minimum absolute atomic E-state index is 0.340. The molecule has 94 valence electrons. The molecule has 1 aromatic carbocycles. The van der Waals surface area contributed by atoms with Crippen LogP contribution in [0.4, 0.5) is 11.4 Å². The zero-order chi connectivity index (χ0) is 13.5. The summed E-state index contributed by atoms with van der Waals surface area (Å²) < 4.78 is 0. The predicted octanol–water partition coefficient (Wildman–Crippen LogP) is 2.68. The number of hydrogen-bond acceptors (Lipinski definition) is 3. The summed E-state index contributed by atoms with van der Waals surface area (Å²) >= 11 is 0. The van der Waals surface area contributed by atoms with Crippen LogP contribution in [-0.4, -0.2) is 11.1 Å². The van der Waals surface area contributed by atoms with Gasteiger partial charge >= 0.3 is 0 Å². The van der Waals surface area contributed by atoms with Crippen LogP contribution < -0.4 is 10.8 Å². The van der Waals surface area contributed by atoms with E-state index >= 15 is 0 Å². The highest BCUT2D eigenvalue weighted by Gasteiger charge is 2.15. The smallest absolute Gasteiger partial charge is 0.281 e. The average Bonchev–Trinajstić information content (AvgIpc) is 2.38. The number of amides is 1. The maximum Gasteiger partial charge on any atom is 0.281 e. The van der Waals surface area contributed by atoms with Crippen LogP contribution in [0, 0.1) is 0 Å². The molecule has 0 aromatic heterocycles. The van der Waals surface area contributed by atoms with Crippen LogP contribution in [0.2, 0.25) is 0 Å². The van der Waals surface area contributed by atoms with Gasteiger partial charge in [0.15, 0.2) is 0 Å². The number of nitrogens with two attached hydrogens (primary N) is 1. The molecule has 0 spiro atoms. The third kappa shape index (κ3) is 3.33. The lowest BCUT2D eigenvalue weighted by Gasteiger charge is -2.15. The van der Waals surface area contributed by atoms with E-state index in [9.17, 15) is 10.0 Å². The molecule has 0 saturated heterocycles. The van der Waals surface area contributed by atoms with Crippen molar-refractivity contribution in [3.8, 4) is 0 Å². The van der Waals surface area contributed by atoms with E-state index in [2.05, 4.69) is 6.58 Å². The molecule has 3 N–H and O–H groups in total. The van der Waals surface area contributed by atoms with Crippen molar-refractivity contribution in [1.82, 2.24) is 0 Å². The third-order valence-electron chi connectivity index (χ3n) is 2.22. The van der Waals surface area contributed by atoms with Gasteiger partial charge in [0.25, 0.3) is 5.91 Å². The number of allylic oxidation sites excluding steroid dienone is 3. The predicted molar refractivity (Wildman–Crippen MR) is 73.2 cm³/mol. The molecule has 0 radical (unpaired) electrons. The first kappa shape index (κ1) is 13.7. The lowest BCUT2D eigenvalue weighted by Crippen LogP contribution is -2.27. The first-order valence-electron chi connectivity index (χ1n) is 5.44. The Balaban J connectivity index is 2.98. The van der Waals surface area contributed by atoms with E-state index in [0.29, 0.717) is 22.0 Å². The van der Waals surface area contributed by atoms with E-state index in [1.165, 1.54) is 12.2 Å². The van der Waals surface area contributed by atoms with E-state index < -0.39 is 5.91 Å². The Kier molecular flexibility index (Phi) is 4.90. The maximum absolute atomic E-state index is 12.0. The number of hydrogen-bond donors (Lipinski definition) is 2. The van der Waals surface area contributed by atoms with Crippen LogP contribution in [0.5, 0.6) is 0 Å². The summed E-state index contributed by atoms with van der Waals surface area (Å²) in [5, 5.41) is 10.4. The monoisotopic (exact) mass is 244 g/mol. The summed E-state index contributed by atoms with van der Waals surface area (Å²) in [7, 11) is 0. The minimum Gasteiger partial charge on any atom is -0.399 e. The molecule has 0 unspecified atom stereocenters. The Morgan fingerprint density at radius 3 is 2.50 bits per heavy atom. The van der Waals surface area contributed by atoms with E-state index in [1.54, 1.807) is 43.3 Å². The number of benzene rings is 1. The lowest BCUT2D eigenvalue weighted by molar-refractivity contribution is -0.119. The highest BCUT2D eigenvalue weighted by Crippen LogP contribution is 2.17. The minimum atomic E-state index is -0.530. The first-order chi connectivity index (χ1) is 8.60. The second-order valence-corrected chi connectivity index (χ2v) is 3.57. The van der Waals surface area contributed by atoms with Crippen LogP contribution in [0.25, 0.3) is 0 Å². The fourth-order valence-corrected chi connectivity index (χ4v) is 1.36. The molecule has 0 saturated carbocycles. The molecule has 0 aliphatic heterocycles. The van der Waals surface area contributed by atoms with Crippen molar-refractivity contribution in [2.75, 3.05) is 10.8 Å². The first-order valence-corrected chi connectivity index (χ1v) is 5.44. The fourth-order valence-electron chi connectivity index (χ4n) is 1.36. The molecule has 0 atom stereocenters. The number of hydroxylamine groups is 1. The second kappa shape index (κ2) is 6.42. The fraction of sp³-hybridized carbons (Fsp3) is 0.0714. The van der Waals surface area contributed by atoms with Crippen LogP contribution in [0.15, 0.2) is 60.7 Å². The lowest BCUT2D eigenvalue weighted by atomic mass is 10.2. The Morgan fingerprint density at radius 1 is 1.39 bits per heavy atom. The van der Waals surface area contributed by atoms with Crippen molar-refractivity contribution < 1.29 is 10.0 Å². The molecule has 1 aromatic rings. The Morgan fingerprint density at radius 2 is 2.00 bits per heavy atom. The van der Waals surface area contributed by atoms with Crippen molar-refractivity contribution in [1.29, 1.82) is 0 Å². The molecule has 0 heterocycles. The average molecular weight is 244 g/mol. The van der Waals surface area contributed by atoms with Gasteiger partial charge in [0, 0.05) is 11.3 Å². The van der Waals surface area contributed by atoms with Gasteiger partial charge in [-0.25, -0.2) is 0 Å². The standard InChI is InChI=1S/C14H16N2O2/c1-3-5-11(6-4-2)14(17)16(18)13-9-7-12(15)8-10-13/h3-10,18H,1,15H2,2H3/b6-4-,11-5+. The molecular formula is C14H16N2O2. The Hall–Kier alpha value is -2.33. The van der Waals surface area contributed by atoms with Gasteiger partial charge in [-0.2, -0.15) is 5.06 Å². The van der Waals surface area contributed by atoms with Crippen molar-refractivity contribution in [3.63, 3.8) is 0 Å². The molecule has 0 aliphatic rings. The van der Waals surface area contributed by atoms with Crippen LogP contribution in [0.3, 0.4) is 0 Å². The van der Waals surface area contributed by atoms with Gasteiger partial charge in [-0.1, -0.05) is 24.8 Å². The van der Waals surface area contributed by atoms with Gasteiger partial charge in [-0.3, -0.25) is 10.0 Å². The summed E-state index contributed by atoms with van der Waals surface area (Å²) in [6, 6.07) is 6.35. The van der Waals surface area contributed by atoms with Gasteiger partial charge in [-0.05, 0) is 37.3 Å². The Labute approximate surface area is 106 Å². The molecule has 4 nitrogen and oxygen atoms in total. The van der Waals surface area contributed by atoms with E-state index in [-0.39, 0.29) is 0 Å². The summed E-state index contributed by atoms with van der Waals surface area (Å²) in [6.45, 7) is 5.32. The van der Waals surface area contributed by atoms with Crippen LogP contribution in [0.1, 0.15) is 6.92 Å². The largest absolute Gasteiger partial charge is 0.399 e. The molecule has 1 amide bonds. The van der Waals surface area contributed by atoms with Crippen LogP contribution in [-0.2, 0) is 4.79 Å². The number of anilines is 2. The molecule has 4 heteroatoms. The molecule has 0 fully saturated rings. The second-order valence-electron chi connectivity index (χ2n) is 3.57. The van der Waals surface area contributed by atoms with Crippen LogP contribution >= 0.6 is 0 Å². The SMILES string of the molecule is C=C/C=C(\C=C/C)C(=O)N(O)c1ccc(N)cc1. The van der Waals surface area contributed by atoms with Gasteiger partial charge in [-0.15, -0.1) is 0 Å². The normalized spacial score (nSPS) is 11.6. The molecule has 1 rings (SSSR count). The van der Waals surface area contributed by atoms with Gasteiger partial charge < -0.3 is 5.73 Å². The number of nitrogen functional groups attached to an aromatic ring is 1. The summed E-state index contributed by atoms with van der Waals surface area (Å²) in [5.74, 6) is -0.530. The highest BCUT2D eigenvalue weighted by molar-refractivity contribution is 6.06. The van der Waals surface area contributed by atoms with E-state index in [4.69, 9.17) is 5.73 Å². The zero-order valence-electron chi connectivity index (χ0n) is 10.2. The van der Waals surface area contributed by atoms with E-state index in [0.717, 1.165) is 0 Å². The molecule has 18 heavy (non-hydrogen) atoms. The quantitative estimate of drug-likeness (QED) is 0.281. The van der Waals surface area contributed by atoms with Crippen molar-refractivity contribution >= 4 is 17.3 Å². The highest BCUT2D eigenvalue weighted by atomic mass is 16.5. The molecule has 0 bridgehead atoms. The van der Waals surface area contributed by atoms with Crippen molar-refractivity contribution in [2.45, 2.75) is 6.92 Å². The third-order valence-corrected chi connectivity index (χ3v) is 2.22. The van der Waals surface area contributed by atoms with Gasteiger partial charge in [0.2, 0.25) is 0 Å². The van der Waals surface area contributed by atoms with Gasteiger partial charge in [0.05, 0.1) is 5.69 Å². The topological polar surface area (TPSA) is 66.6 Å². The number of carbonyl (C=O) groups excluding carboxylic acids is 1. The molecular weight excluding hydrogens is 228 g/mol. The zero-order valence-corrected chi connectivity index (χ0v) is 10.2. The summed E-state index contributed by atoms with van der Waals surface area (Å²) in [6.07, 6.45) is 6.33. The summed E-state index contributed by atoms with van der Waals surface area (Å²) in [5.41, 5.74) is 6.80. The number of carbonyl (C=O) groups is 1. The number of rotatable bonds is 4. The van der Waals surface area contributed by atoms with Crippen molar-refractivity contribution in [2.24, 2.45) is 0 Å². The maximum atomic E-state index is 12.0. The number of nitrogens with zero attached hydrogens (tertiary/aromatic N) is 1. The van der Waals surface area contributed by atoms with Gasteiger partial charge in [0.1, 0.15) is 0 Å². The van der Waals surface area contributed by atoms with Crippen molar-refractivity contribution in [3.05, 3.63) is 60.7 Å².